The molecule has 0 radical (unpaired) electrons. The first-order valence-corrected chi connectivity index (χ1v) is 6.41. The molecule has 2 aromatic carbocycles. The molecule has 1 amide bonds. The SMILES string of the molecule is N#Cc1ccc(N)c(C(=O)N(CC(=O)O)c2ccccc2)c1. The lowest BCUT2D eigenvalue weighted by atomic mass is 10.1. The van der Waals surface area contributed by atoms with Crippen LogP contribution in [0.2, 0.25) is 0 Å². The predicted octanol–water partition coefficient (Wildman–Crippen LogP) is 1.87. The molecule has 0 heterocycles. The van der Waals surface area contributed by atoms with E-state index in [9.17, 15) is 9.59 Å². The number of carbonyl (C=O) groups excluding carboxylic acids is 1. The van der Waals surface area contributed by atoms with Gasteiger partial charge in [0.15, 0.2) is 0 Å². The van der Waals surface area contributed by atoms with Crippen LogP contribution < -0.4 is 10.6 Å². The second kappa shape index (κ2) is 6.41. The molecular formula is C16H13N3O3. The topological polar surface area (TPSA) is 107 Å². The van der Waals surface area contributed by atoms with E-state index in [1.807, 2.05) is 6.07 Å². The number of aliphatic carboxylic acids is 1. The third-order valence-electron chi connectivity index (χ3n) is 3.02. The van der Waals surface area contributed by atoms with E-state index in [0.717, 1.165) is 4.90 Å². The Morgan fingerprint density at radius 1 is 1.18 bits per heavy atom. The minimum Gasteiger partial charge on any atom is -0.480 e. The van der Waals surface area contributed by atoms with Gasteiger partial charge in [0.25, 0.3) is 5.91 Å². The van der Waals surface area contributed by atoms with Gasteiger partial charge in [-0.2, -0.15) is 5.26 Å². The smallest absolute Gasteiger partial charge is 0.323 e. The molecule has 0 saturated heterocycles. The summed E-state index contributed by atoms with van der Waals surface area (Å²) in [7, 11) is 0. The quantitative estimate of drug-likeness (QED) is 0.837. The van der Waals surface area contributed by atoms with E-state index in [2.05, 4.69) is 0 Å². The average Bonchev–Trinajstić information content (AvgIpc) is 2.53. The Morgan fingerprint density at radius 3 is 2.45 bits per heavy atom. The first-order valence-electron chi connectivity index (χ1n) is 6.41. The first kappa shape index (κ1) is 15.1. The summed E-state index contributed by atoms with van der Waals surface area (Å²) in [4.78, 5) is 24.8. The van der Waals surface area contributed by atoms with Crippen LogP contribution in [0.3, 0.4) is 0 Å². The van der Waals surface area contributed by atoms with Crippen molar-refractivity contribution in [3.63, 3.8) is 0 Å². The van der Waals surface area contributed by atoms with E-state index in [1.165, 1.54) is 18.2 Å². The lowest BCUT2D eigenvalue weighted by molar-refractivity contribution is -0.135. The maximum Gasteiger partial charge on any atom is 0.323 e. The van der Waals surface area contributed by atoms with Crippen molar-refractivity contribution in [3.05, 3.63) is 59.7 Å². The lowest BCUT2D eigenvalue weighted by Gasteiger charge is -2.21. The molecule has 22 heavy (non-hydrogen) atoms. The number of nitrogens with zero attached hydrogens (tertiary/aromatic N) is 2. The van der Waals surface area contributed by atoms with Gasteiger partial charge in [0.2, 0.25) is 0 Å². The van der Waals surface area contributed by atoms with Crippen LogP contribution in [0.1, 0.15) is 15.9 Å². The van der Waals surface area contributed by atoms with Crippen LogP contribution in [0.5, 0.6) is 0 Å². The van der Waals surface area contributed by atoms with E-state index >= 15 is 0 Å². The second-order valence-electron chi connectivity index (χ2n) is 4.53. The third kappa shape index (κ3) is 3.22. The van der Waals surface area contributed by atoms with Crippen LogP contribution in [0.25, 0.3) is 0 Å². The number of amides is 1. The first-order chi connectivity index (χ1) is 10.5. The van der Waals surface area contributed by atoms with Gasteiger partial charge < -0.3 is 10.8 Å². The van der Waals surface area contributed by atoms with Gasteiger partial charge in [-0.1, -0.05) is 18.2 Å². The van der Waals surface area contributed by atoms with Gasteiger partial charge in [0.05, 0.1) is 17.2 Å². The number of carboxylic acids is 1. The van der Waals surface area contributed by atoms with Crippen molar-refractivity contribution in [2.24, 2.45) is 0 Å². The predicted molar refractivity (Wildman–Crippen MR) is 81.3 cm³/mol. The van der Waals surface area contributed by atoms with Crippen LogP contribution in [0.15, 0.2) is 48.5 Å². The Kier molecular flexibility index (Phi) is 4.39. The van der Waals surface area contributed by atoms with E-state index in [1.54, 1.807) is 30.3 Å². The molecule has 6 heteroatoms. The molecule has 6 nitrogen and oxygen atoms in total. The van der Waals surface area contributed by atoms with Gasteiger partial charge >= 0.3 is 5.97 Å². The summed E-state index contributed by atoms with van der Waals surface area (Å²) in [5.41, 5.74) is 6.80. The molecule has 2 aromatic rings. The molecule has 0 atom stereocenters. The van der Waals surface area contributed by atoms with Crippen LogP contribution in [-0.2, 0) is 4.79 Å². The molecule has 0 spiro atoms. The highest BCUT2D eigenvalue weighted by Crippen LogP contribution is 2.21. The zero-order valence-electron chi connectivity index (χ0n) is 11.6. The number of carboxylic acid groups (broad SMARTS) is 1. The number of nitrogens with two attached hydrogens (primary N) is 1. The van der Waals surface area contributed by atoms with Crippen molar-refractivity contribution in [3.8, 4) is 6.07 Å². The van der Waals surface area contributed by atoms with Gasteiger partial charge in [0.1, 0.15) is 6.54 Å². The molecule has 0 unspecified atom stereocenters. The van der Waals surface area contributed by atoms with Gasteiger partial charge in [-0.25, -0.2) is 0 Å². The van der Waals surface area contributed by atoms with Crippen LogP contribution in [-0.4, -0.2) is 23.5 Å². The zero-order chi connectivity index (χ0) is 16.1. The minimum absolute atomic E-state index is 0.101. The molecule has 0 aromatic heterocycles. The summed E-state index contributed by atoms with van der Waals surface area (Å²) < 4.78 is 0. The van der Waals surface area contributed by atoms with Crippen molar-refractivity contribution in [1.82, 2.24) is 0 Å². The zero-order valence-corrected chi connectivity index (χ0v) is 11.6. The summed E-state index contributed by atoms with van der Waals surface area (Å²) in [6, 6.07) is 14.7. The van der Waals surface area contributed by atoms with Gasteiger partial charge in [-0.15, -0.1) is 0 Å². The number of hydrogen-bond donors (Lipinski definition) is 2. The number of rotatable bonds is 4. The number of anilines is 2. The standard InChI is InChI=1S/C16H13N3O3/c17-9-11-6-7-14(18)13(8-11)16(22)19(10-15(20)21)12-4-2-1-3-5-12/h1-8H,10,18H2,(H,20,21). The van der Waals surface area contributed by atoms with Gasteiger partial charge in [0, 0.05) is 11.4 Å². The summed E-state index contributed by atoms with van der Waals surface area (Å²) >= 11 is 0. The van der Waals surface area contributed by atoms with E-state index in [4.69, 9.17) is 16.1 Å². The maximum atomic E-state index is 12.6. The molecule has 0 bridgehead atoms. The van der Waals surface area contributed by atoms with E-state index < -0.39 is 18.4 Å². The van der Waals surface area contributed by atoms with Crippen molar-refractivity contribution >= 4 is 23.3 Å². The molecule has 0 saturated carbocycles. The average molecular weight is 295 g/mol. The van der Waals surface area contributed by atoms with Crippen molar-refractivity contribution in [1.29, 1.82) is 5.26 Å². The summed E-state index contributed by atoms with van der Waals surface area (Å²) in [6.07, 6.45) is 0. The fraction of sp³-hybridized carbons (Fsp3) is 0.0625. The summed E-state index contributed by atoms with van der Waals surface area (Å²) in [6.45, 7) is -0.501. The normalized spacial score (nSPS) is 9.77. The number of carbonyl (C=O) groups is 2. The highest BCUT2D eigenvalue weighted by atomic mass is 16.4. The molecular weight excluding hydrogens is 282 g/mol. The molecule has 110 valence electrons. The monoisotopic (exact) mass is 295 g/mol. The fourth-order valence-electron chi connectivity index (χ4n) is 1.98. The number of hydrogen-bond acceptors (Lipinski definition) is 4. The Hall–Kier alpha value is -3.33. The molecule has 2 rings (SSSR count). The highest BCUT2D eigenvalue weighted by molar-refractivity contribution is 6.11. The fourth-order valence-corrected chi connectivity index (χ4v) is 1.98. The second-order valence-corrected chi connectivity index (χ2v) is 4.53. The number of nitrogen functional groups attached to an aromatic ring is 1. The van der Waals surface area contributed by atoms with Crippen LogP contribution in [0.4, 0.5) is 11.4 Å². The molecule has 0 aliphatic rings. The van der Waals surface area contributed by atoms with E-state index in [-0.39, 0.29) is 16.8 Å². The molecule has 0 fully saturated rings. The maximum absolute atomic E-state index is 12.6. The largest absolute Gasteiger partial charge is 0.480 e. The van der Waals surface area contributed by atoms with Gasteiger partial charge in [-0.3, -0.25) is 14.5 Å². The molecule has 3 N–H and O–H groups in total. The van der Waals surface area contributed by atoms with E-state index in [0.29, 0.717) is 5.69 Å². The highest BCUT2D eigenvalue weighted by Gasteiger charge is 2.22. The third-order valence-corrected chi connectivity index (χ3v) is 3.02. The van der Waals surface area contributed by atoms with Crippen molar-refractivity contribution in [2.45, 2.75) is 0 Å². The van der Waals surface area contributed by atoms with Crippen molar-refractivity contribution in [2.75, 3.05) is 17.2 Å². The minimum atomic E-state index is -1.15. The molecule has 0 aliphatic heterocycles. The number of nitriles is 1. The Labute approximate surface area is 127 Å². The Bertz CT molecular complexity index is 751. The van der Waals surface area contributed by atoms with Crippen LogP contribution in [0, 0.1) is 11.3 Å². The Balaban J connectivity index is 2.46. The summed E-state index contributed by atoms with van der Waals surface area (Å²) in [5.74, 6) is -1.71. The lowest BCUT2D eigenvalue weighted by Crippen LogP contribution is -2.36. The van der Waals surface area contributed by atoms with Gasteiger partial charge in [-0.05, 0) is 30.3 Å². The molecule has 0 aliphatic carbocycles. The summed E-state index contributed by atoms with van der Waals surface area (Å²) in [5, 5.41) is 18.0. The van der Waals surface area contributed by atoms with Crippen LogP contribution >= 0.6 is 0 Å². The van der Waals surface area contributed by atoms with Crippen molar-refractivity contribution < 1.29 is 14.7 Å². The number of benzene rings is 2. The number of para-hydroxylation sites is 1. The Morgan fingerprint density at radius 2 is 1.86 bits per heavy atom.